The van der Waals surface area contributed by atoms with Gasteiger partial charge in [-0.3, -0.25) is 0 Å². The molecule has 16 heavy (non-hydrogen) atoms. The molecule has 0 radical (unpaired) electrons. The summed E-state index contributed by atoms with van der Waals surface area (Å²) < 4.78 is 7.57. The molecule has 2 aromatic heterocycles. The monoisotopic (exact) mass is 220 g/mol. The van der Waals surface area contributed by atoms with Gasteiger partial charge < -0.3 is 14.3 Å². The Bertz CT molecular complexity index is 446. The molecule has 1 N–H and O–H groups in total. The Morgan fingerprint density at radius 2 is 2.31 bits per heavy atom. The first-order chi connectivity index (χ1) is 7.81. The summed E-state index contributed by atoms with van der Waals surface area (Å²) >= 11 is 0. The Balaban J connectivity index is 2.05. The summed E-state index contributed by atoms with van der Waals surface area (Å²) in [6.07, 6.45) is 7.17. The van der Waals surface area contributed by atoms with E-state index in [9.17, 15) is 0 Å². The van der Waals surface area contributed by atoms with Gasteiger partial charge in [0.1, 0.15) is 5.69 Å². The fraction of sp³-hybridized carbons (Fsp3) is 0.455. The van der Waals surface area contributed by atoms with Gasteiger partial charge in [-0.15, -0.1) is 0 Å². The number of hydrogen-bond acceptors (Lipinski definition) is 4. The quantitative estimate of drug-likeness (QED) is 0.770. The maximum atomic E-state index is 5.66. The first kappa shape index (κ1) is 10.9. The van der Waals surface area contributed by atoms with Crippen LogP contribution in [0.3, 0.4) is 0 Å². The highest BCUT2D eigenvalue weighted by Gasteiger charge is 2.08. The number of rotatable bonds is 5. The molecule has 5 nitrogen and oxygen atoms in total. The third-order valence-corrected chi connectivity index (χ3v) is 2.44. The molecule has 0 amide bonds. The molecular weight excluding hydrogens is 204 g/mol. The van der Waals surface area contributed by atoms with E-state index < -0.39 is 0 Å². The molecule has 0 aliphatic heterocycles. The van der Waals surface area contributed by atoms with Crippen LogP contribution >= 0.6 is 0 Å². The van der Waals surface area contributed by atoms with Gasteiger partial charge in [0, 0.05) is 13.5 Å². The third-order valence-electron chi connectivity index (χ3n) is 2.44. The van der Waals surface area contributed by atoms with Gasteiger partial charge in [0.15, 0.2) is 11.7 Å². The number of imidazole rings is 1. The number of aromatic nitrogens is 3. The zero-order chi connectivity index (χ0) is 11.4. The van der Waals surface area contributed by atoms with Crippen molar-refractivity contribution >= 4 is 0 Å². The Morgan fingerprint density at radius 3 is 3.00 bits per heavy atom. The maximum Gasteiger partial charge on any atom is 0.195 e. The molecule has 0 atom stereocenters. The van der Waals surface area contributed by atoms with Crippen molar-refractivity contribution in [3.63, 3.8) is 0 Å². The van der Waals surface area contributed by atoms with E-state index in [0.29, 0.717) is 0 Å². The van der Waals surface area contributed by atoms with Crippen molar-refractivity contribution in [1.29, 1.82) is 0 Å². The van der Waals surface area contributed by atoms with E-state index in [1.165, 1.54) is 0 Å². The summed E-state index contributed by atoms with van der Waals surface area (Å²) in [5, 5.41) is 3.10. The van der Waals surface area contributed by atoms with Crippen molar-refractivity contribution < 1.29 is 4.42 Å². The van der Waals surface area contributed by atoms with E-state index in [1.54, 1.807) is 18.7 Å². The van der Waals surface area contributed by atoms with Crippen LogP contribution in [-0.2, 0) is 13.5 Å². The van der Waals surface area contributed by atoms with Gasteiger partial charge in [-0.05, 0) is 20.0 Å². The lowest BCUT2D eigenvalue weighted by molar-refractivity contribution is 0.492. The Kier molecular flexibility index (Phi) is 3.36. The average molecular weight is 220 g/mol. The number of oxazole rings is 1. The second-order valence-corrected chi connectivity index (χ2v) is 3.72. The summed E-state index contributed by atoms with van der Waals surface area (Å²) in [6.45, 7) is 0.976. The van der Waals surface area contributed by atoms with Crippen LogP contribution in [0.2, 0.25) is 0 Å². The number of hydrogen-bond donors (Lipinski definition) is 1. The summed E-state index contributed by atoms with van der Waals surface area (Å²) in [4.78, 5) is 8.30. The Morgan fingerprint density at radius 1 is 1.44 bits per heavy atom. The minimum absolute atomic E-state index is 0.777. The topological polar surface area (TPSA) is 55.9 Å². The predicted octanol–water partition coefficient (Wildman–Crippen LogP) is 1.23. The normalized spacial score (nSPS) is 10.9. The van der Waals surface area contributed by atoms with E-state index in [2.05, 4.69) is 15.3 Å². The molecule has 0 bridgehead atoms. The standard InChI is InChI=1S/C11H16N4O/c1-12-5-3-4-11-14-7-10(16-11)9-6-13-8-15(9)2/h6-8,12H,3-5H2,1-2H3. The van der Waals surface area contributed by atoms with Crippen molar-refractivity contribution in [3.8, 4) is 11.5 Å². The summed E-state index contributed by atoms with van der Waals surface area (Å²) in [5.74, 6) is 1.56. The third kappa shape index (κ3) is 2.30. The van der Waals surface area contributed by atoms with Crippen LogP contribution < -0.4 is 5.32 Å². The van der Waals surface area contributed by atoms with E-state index in [-0.39, 0.29) is 0 Å². The number of aryl methyl sites for hydroxylation is 2. The van der Waals surface area contributed by atoms with E-state index >= 15 is 0 Å². The molecule has 0 saturated heterocycles. The minimum Gasteiger partial charge on any atom is -0.439 e. The zero-order valence-corrected chi connectivity index (χ0v) is 9.60. The molecule has 0 fully saturated rings. The van der Waals surface area contributed by atoms with Gasteiger partial charge in [0.25, 0.3) is 0 Å². The van der Waals surface area contributed by atoms with Crippen molar-refractivity contribution in [2.45, 2.75) is 12.8 Å². The van der Waals surface area contributed by atoms with Crippen LogP contribution in [0.15, 0.2) is 23.1 Å². The van der Waals surface area contributed by atoms with Gasteiger partial charge >= 0.3 is 0 Å². The van der Waals surface area contributed by atoms with Crippen LogP contribution in [0.4, 0.5) is 0 Å². The number of nitrogens with zero attached hydrogens (tertiary/aromatic N) is 3. The van der Waals surface area contributed by atoms with Crippen LogP contribution in [0.5, 0.6) is 0 Å². The lowest BCUT2D eigenvalue weighted by Gasteiger charge is -1.97. The van der Waals surface area contributed by atoms with Gasteiger partial charge in [-0.2, -0.15) is 0 Å². The van der Waals surface area contributed by atoms with E-state index in [4.69, 9.17) is 4.42 Å². The van der Waals surface area contributed by atoms with Gasteiger partial charge in [0.05, 0.1) is 18.7 Å². The zero-order valence-electron chi connectivity index (χ0n) is 9.60. The van der Waals surface area contributed by atoms with Gasteiger partial charge in [0.2, 0.25) is 0 Å². The lowest BCUT2D eigenvalue weighted by Crippen LogP contribution is -2.08. The second kappa shape index (κ2) is 4.94. The van der Waals surface area contributed by atoms with Crippen LogP contribution in [-0.4, -0.2) is 28.1 Å². The van der Waals surface area contributed by atoms with Crippen molar-refractivity contribution in [3.05, 3.63) is 24.6 Å². The molecule has 0 aliphatic rings. The van der Waals surface area contributed by atoms with Gasteiger partial charge in [-0.25, -0.2) is 9.97 Å². The molecule has 0 saturated carbocycles. The summed E-state index contributed by atoms with van der Waals surface area (Å²) in [6, 6.07) is 0. The van der Waals surface area contributed by atoms with Crippen LogP contribution in [0.25, 0.3) is 11.5 Å². The van der Waals surface area contributed by atoms with E-state index in [0.717, 1.165) is 36.7 Å². The van der Waals surface area contributed by atoms with Crippen molar-refractivity contribution in [1.82, 2.24) is 19.9 Å². The largest absolute Gasteiger partial charge is 0.439 e. The molecule has 86 valence electrons. The average Bonchev–Trinajstić information content (AvgIpc) is 2.87. The second-order valence-electron chi connectivity index (χ2n) is 3.72. The highest BCUT2D eigenvalue weighted by atomic mass is 16.4. The smallest absolute Gasteiger partial charge is 0.195 e. The van der Waals surface area contributed by atoms with Crippen molar-refractivity contribution in [2.24, 2.45) is 7.05 Å². The maximum absolute atomic E-state index is 5.66. The Labute approximate surface area is 94.5 Å². The molecule has 2 heterocycles. The first-order valence-electron chi connectivity index (χ1n) is 5.37. The molecule has 0 aromatic carbocycles. The fourth-order valence-electron chi connectivity index (χ4n) is 1.56. The summed E-state index contributed by atoms with van der Waals surface area (Å²) in [7, 11) is 3.88. The van der Waals surface area contributed by atoms with Crippen LogP contribution in [0.1, 0.15) is 12.3 Å². The molecule has 0 spiro atoms. The highest BCUT2D eigenvalue weighted by molar-refractivity contribution is 5.49. The molecule has 0 unspecified atom stereocenters. The molecule has 0 aliphatic carbocycles. The van der Waals surface area contributed by atoms with Gasteiger partial charge in [-0.1, -0.05) is 0 Å². The molecule has 2 rings (SSSR count). The summed E-state index contributed by atoms with van der Waals surface area (Å²) in [5.41, 5.74) is 0.951. The SMILES string of the molecule is CNCCCc1ncc(-c2cncn2C)o1. The molecule has 2 aromatic rings. The Hall–Kier alpha value is -1.62. The van der Waals surface area contributed by atoms with E-state index in [1.807, 2.05) is 18.7 Å². The van der Waals surface area contributed by atoms with Crippen LogP contribution in [0, 0.1) is 0 Å². The molecule has 5 heteroatoms. The lowest BCUT2D eigenvalue weighted by atomic mass is 10.3. The fourth-order valence-corrected chi connectivity index (χ4v) is 1.56. The van der Waals surface area contributed by atoms with Crippen molar-refractivity contribution in [2.75, 3.05) is 13.6 Å². The minimum atomic E-state index is 0.777. The number of nitrogens with one attached hydrogen (secondary N) is 1. The predicted molar refractivity (Wildman–Crippen MR) is 61.0 cm³/mol. The highest BCUT2D eigenvalue weighted by Crippen LogP contribution is 2.19. The molecular formula is C11H16N4O. The first-order valence-corrected chi connectivity index (χ1v) is 5.37.